The Morgan fingerprint density at radius 2 is 1.83 bits per heavy atom. The van der Waals surface area contributed by atoms with E-state index in [-0.39, 0.29) is 18.9 Å². The fraction of sp³-hybridized carbons (Fsp3) is 0.353. The van der Waals surface area contributed by atoms with Gasteiger partial charge in [0.15, 0.2) is 6.61 Å². The van der Waals surface area contributed by atoms with Crippen molar-refractivity contribution in [1.82, 2.24) is 9.78 Å². The highest BCUT2D eigenvalue weighted by molar-refractivity contribution is 5.93. The van der Waals surface area contributed by atoms with Crippen molar-refractivity contribution in [2.24, 2.45) is 7.05 Å². The molecule has 0 unspecified atom stereocenters. The zero-order valence-electron chi connectivity index (χ0n) is 13.8. The maximum Gasteiger partial charge on any atom is 0.310 e. The third kappa shape index (κ3) is 4.42. The summed E-state index contributed by atoms with van der Waals surface area (Å²) in [5, 5.41) is 6.94. The molecular weight excluding hydrogens is 294 g/mol. The molecule has 0 fully saturated rings. The van der Waals surface area contributed by atoms with Crippen molar-refractivity contribution >= 4 is 17.6 Å². The van der Waals surface area contributed by atoms with Crippen LogP contribution in [0.1, 0.15) is 22.5 Å². The van der Waals surface area contributed by atoms with E-state index in [4.69, 9.17) is 4.74 Å². The predicted octanol–water partition coefficient (Wildman–Crippen LogP) is 2.07. The van der Waals surface area contributed by atoms with Crippen molar-refractivity contribution in [3.63, 3.8) is 0 Å². The summed E-state index contributed by atoms with van der Waals surface area (Å²) in [6, 6.07) is 7.62. The second kappa shape index (κ2) is 7.09. The van der Waals surface area contributed by atoms with Crippen molar-refractivity contribution in [2.75, 3.05) is 11.9 Å². The highest BCUT2D eigenvalue weighted by atomic mass is 16.5. The second-order valence-corrected chi connectivity index (χ2v) is 5.54. The average molecular weight is 315 g/mol. The first-order valence-corrected chi connectivity index (χ1v) is 7.38. The molecule has 0 saturated carbocycles. The summed E-state index contributed by atoms with van der Waals surface area (Å²) >= 11 is 0. The van der Waals surface area contributed by atoms with Crippen LogP contribution in [0.5, 0.6) is 0 Å². The number of aromatic nitrogens is 2. The number of benzene rings is 1. The molecule has 6 nitrogen and oxygen atoms in total. The normalized spacial score (nSPS) is 10.4. The summed E-state index contributed by atoms with van der Waals surface area (Å²) in [4.78, 5) is 23.7. The Balaban J connectivity index is 1.84. The number of nitrogens with zero attached hydrogens (tertiary/aromatic N) is 2. The van der Waals surface area contributed by atoms with Crippen LogP contribution < -0.4 is 5.32 Å². The first-order valence-electron chi connectivity index (χ1n) is 7.38. The lowest BCUT2D eigenvalue weighted by atomic mass is 10.1. The molecule has 0 aliphatic carbocycles. The average Bonchev–Trinajstić information content (AvgIpc) is 2.74. The zero-order chi connectivity index (χ0) is 17.0. The number of hydrogen-bond acceptors (Lipinski definition) is 4. The van der Waals surface area contributed by atoms with Crippen LogP contribution in [0.15, 0.2) is 24.3 Å². The standard InChI is InChI=1S/C17H21N3O3/c1-11-5-7-14(8-6-11)9-16(22)23-10-15(21)18-17-12(2)19-20(4)13(17)3/h5-8H,9-10H2,1-4H3,(H,18,21). The summed E-state index contributed by atoms with van der Waals surface area (Å²) in [6.07, 6.45) is 0.151. The Morgan fingerprint density at radius 1 is 1.17 bits per heavy atom. The number of carbonyl (C=O) groups is 2. The number of nitrogens with one attached hydrogen (secondary N) is 1. The number of rotatable bonds is 5. The van der Waals surface area contributed by atoms with E-state index in [1.165, 1.54) is 0 Å². The lowest BCUT2D eigenvalue weighted by Gasteiger charge is -2.07. The summed E-state index contributed by atoms with van der Waals surface area (Å²) in [7, 11) is 1.81. The number of esters is 1. The molecule has 2 rings (SSSR count). The van der Waals surface area contributed by atoms with Gasteiger partial charge in [0.2, 0.25) is 0 Å². The smallest absolute Gasteiger partial charge is 0.310 e. The lowest BCUT2D eigenvalue weighted by molar-refractivity contribution is -0.146. The largest absolute Gasteiger partial charge is 0.455 e. The van der Waals surface area contributed by atoms with Crippen molar-refractivity contribution in [3.05, 3.63) is 46.8 Å². The minimum Gasteiger partial charge on any atom is -0.455 e. The number of amides is 1. The molecule has 6 heteroatoms. The molecular formula is C17H21N3O3. The van der Waals surface area contributed by atoms with Crippen molar-refractivity contribution < 1.29 is 14.3 Å². The number of anilines is 1. The van der Waals surface area contributed by atoms with Crippen LogP contribution in [-0.2, 0) is 27.8 Å². The van der Waals surface area contributed by atoms with Crippen LogP contribution in [0.2, 0.25) is 0 Å². The first kappa shape index (κ1) is 16.7. The second-order valence-electron chi connectivity index (χ2n) is 5.54. The summed E-state index contributed by atoms with van der Waals surface area (Å²) < 4.78 is 6.71. The minimum absolute atomic E-state index is 0.151. The van der Waals surface area contributed by atoms with Gasteiger partial charge >= 0.3 is 5.97 Å². The van der Waals surface area contributed by atoms with Crippen molar-refractivity contribution in [1.29, 1.82) is 0 Å². The quantitative estimate of drug-likeness (QED) is 0.857. The van der Waals surface area contributed by atoms with Gasteiger partial charge in [-0.1, -0.05) is 29.8 Å². The molecule has 0 radical (unpaired) electrons. The van der Waals surface area contributed by atoms with Crippen LogP contribution >= 0.6 is 0 Å². The Kier molecular flexibility index (Phi) is 5.16. The number of ether oxygens (including phenoxy) is 1. The molecule has 0 saturated heterocycles. The number of carbonyl (C=O) groups excluding carboxylic acids is 2. The number of hydrogen-bond donors (Lipinski definition) is 1. The van der Waals surface area contributed by atoms with Crippen molar-refractivity contribution in [3.8, 4) is 0 Å². The molecule has 0 bridgehead atoms. The Labute approximate surface area is 135 Å². The molecule has 0 aliphatic rings. The van der Waals surface area contributed by atoms with E-state index < -0.39 is 5.97 Å². The minimum atomic E-state index is -0.427. The molecule has 122 valence electrons. The third-order valence-electron chi connectivity index (χ3n) is 3.61. The zero-order valence-corrected chi connectivity index (χ0v) is 13.8. The van der Waals surface area contributed by atoms with E-state index in [0.29, 0.717) is 5.69 Å². The van der Waals surface area contributed by atoms with Gasteiger partial charge in [0.1, 0.15) is 0 Å². The van der Waals surface area contributed by atoms with E-state index in [0.717, 1.165) is 22.5 Å². The Bertz CT molecular complexity index is 717. The van der Waals surface area contributed by atoms with Crippen molar-refractivity contribution in [2.45, 2.75) is 27.2 Å². The first-order chi connectivity index (χ1) is 10.9. The maximum atomic E-state index is 11.9. The Morgan fingerprint density at radius 3 is 2.39 bits per heavy atom. The van der Waals surface area contributed by atoms with Crippen LogP contribution in [0.25, 0.3) is 0 Å². The molecule has 1 N–H and O–H groups in total. The van der Waals surface area contributed by atoms with Crippen LogP contribution in [0.3, 0.4) is 0 Å². The van der Waals surface area contributed by atoms with Gasteiger partial charge in [0.05, 0.1) is 23.5 Å². The van der Waals surface area contributed by atoms with Gasteiger partial charge in [-0.25, -0.2) is 0 Å². The molecule has 0 atom stereocenters. The summed E-state index contributed by atoms with van der Waals surface area (Å²) in [5.74, 6) is -0.801. The van der Waals surface area contributed by atoms with E-state index >= 15 is 0 Å². The molecule has 1 aromatic carbocycles. The molecule has 23 heavy (non-hydrogen) atoms. The fourth-order valence-electron chi connectivity index (χ4n) is 2.20. The van der Waals surface area contributed by atoms with E-state index in [2.05, 4.69) is 10.4 Å². The third-order valence-corrected chi connectivity index (χ3v) is 3.61. The highest BCUT2D eigenvalue weighted by Crippen LogP contribution is 2.18. The van der Waals surface area contributed by atoms with E-state index in [9.17, 15) is 9.59 Å². The van der Waals surface area contributed by atoms with Gasteiger partial charge in [-0.3, -0.25) is 14.3 Å². The summed E-state index contributed by atoms with van der Waals surface area (Å²) in [6.45, 7) is 5.35. The monoisotopic (exact) mass is 315 g/mol. The topological polar surface area (TPSA) is 73.2 Å². The van der Waals surface area contributed by atoms with Crippen LogP contribution in [-0.4, -0.2) is 28.3 Å². The fourth-order valence-corrected chi connectivity index (χ4v) is 2.20. The molecule has 0 aliphatic heterocycles. The van der Waals surface area contributed by atoms with Gasteiger partial charge in [-0.05, 0) is 26.3 Å². The van der Waals surface area contributed by atoms with Gasteiger partial charge in [0, 0.05) is 7.05 Å². The molecule has 0 spiro atoms. The lowest BCUT2D eigenvalue weighted by Crippen LogP contribution is -2.22. The van der Waals surface area contributed by atoms with E-state index in [1.807, 2.05) is 45.0 Å². The summed E-state index contributed by atoms with van der Waals surface area (Å²) in [5.41, 5.74) is 4.22. The SMILES string of the molecule is Cc1ccc(CC(=O)OCC(=O)Nc2c(C)nn(C)c2C)cc1. The van der Waals surface area contributed by atoms with Gasteiger partial charge < -0.3 is 10.1 Å². The molecule has 2 aromatic rings. The predicted molar refractivity (Wildman–Crippen MR) is 87.2 cm³/mol. The Hall–Kier alpha value is -2.63. The molecule has 1 aromatic heterocycles. The molecule has 1 amide bonds. The van der Waals surface area contributed by atoms with Gasteiger partial charge in [-0.2, -0.15) is 5.10 Å². The highest BCUT2D eigenvalue weighted by Gasteiger charge is 2.14. The van der Waals surface area contributed by atoms with Crippen LogP contribution in [0.4, 0.5) is 5.69 Å². The number of aryl methyl sites for hydroxylation is 3. The van der Waals surface area contributed by atoms with Gasteiger partial charge in [-0.15, -0.1) is 0 Å². The van der Waals surface area contributed by atoms with Gasteiger partial charge in [0.25, 0.3) is 5.91 Å². The maximum absolute atomic E-state index is 11.9. The molecule has 1 heterocycles. The van der Waals surface area contributed by atoms with E-state index in [1.54, 1.807) is 11.7 Å². The van der Waals surface area contributed by atoms with Crippen LogP contribution in [0, 0.1) is 20.8 Å².